The van der Waals surface area contributed by atoms with Crippen molar-refractivity contribution in [2.24, 2.45) is 0 Å². The molecule has 0 N–H and O–H groups in total. The Morgan fingerprint density at radius 2 is 1.06 bits per heavy atom. The first-order chi connectivity index (χ1) is 22.2. The molecule has 0 aliphatic heterocycles. The van der Waals surface area contributed by atoms with E-state index in [0.717, 1.165) is 19.1 Å². The Bertz CT molecular complexity index is 2200. The van der Waals surface area contributed by atoms with Gasteiger partial charge < -0.3 is 0 Å². The molecule has 0 amide bonds. The summed E-state index contributed by atoms with van der Waals surface area (Å²) in [5.41, 5.74) is -17.5. The number of benzene rings is 3. The van der Waals surface area contributed by atoms with E-state index in [2.05, 4.69) is 9.69 Å². The molecular formula is C31H4F10N6. The van der Waals surface area contributed by atoms with Gasteiger partial charge in [-0.1, -0.05) is 0 Å². The second kappa shape index (κ2) is 11.9. The zero-order chi connectivity index (χ0) is 35.2. The van der Waals surface area contributed by atoms with Crippen molar-refractivity contribution in [3.8, 4) is 24.3 Å². The minimum atomic E-state index is -2.39. The topological polar surface area (TPSA) is 104 Å². The number of rotatable bonds is 3. The highest BCUT2D eigenvalue weighted by molar-refractivity contribution is 6.11. The van der Waals surface area contributed by atoms with Crippen molar-refractivity contribution in [1.29, 1.82) is 21.0 Å². The Morgan fingerprint density at radius 3 is 1.49 bits per heavy atom. The van der Waals surface area contributed by atoms with Gasteiger partial charge in [0, 0.05) is 11.1 Å². The monoisotopic (exact) mass is 650 g/mol. The molecule has 3 aromatic carbocycles. The Kier molecular flexibility index (Phi) is 8.36. The van der Waals surface area contributed by atoms with Crippen LogP contribution in [0, 0.1) is 124 Å². The molecule has 0 unspecified atom stereocenters. The van der Waals surface area contributed by atoms with E-state index in [1.165, 1.54) is 12.1 Å². The smallest absolute Gasteiger partial charge is 0.237 e. The number of nitrogens with zero attached hydrogens (tertiary/aromatic N) is 6. The van der Waals surface area contributed by atoms with Crippen LogP contribution in [-0.4, -0.2) is 0 Å². The van der Waals surface area contributed by atoms with Crippen LogP contribution in [0.15, 0.2) is 22.8 Å². The van der Waals surface area contributed by atoms with E-state index < -0.39 is 131 Å². The van der Waals surface area contributed by atoms with Gasteiger partial charge in [-0.05, 0) is 29.7 Å². The second-order valence-corrected chi connectivity index (χ2v) is 9.10. The van der Waals surface area contributed by atoms with E-state index >= 15 is 22.0 Å². The number of hydrogen-bond donors (Lipinski definition) is 0. The summed E-state index contributed by atoms with van der Waals surface area (Å²) in [5, 5.41) is 37.9. The quantitative estimate of drug-likeness (QED) is 0.123. The molecule has 1 fully saturated rings. The molecule has 0 atom stereocenters. The van der Waals surface area contributed by atoms with Crippen molar-refractivity contribution in [3.05, 3.63) is 137 Å². The molecule has 1 saturated carbocycles. The van der Waals surface area contributed by atoms with Crippen molar-refractivity contribution >= 4 is 22.5 Å². The highest BCUT2D eigenvalue weighted by atomic mass is 19.2. The highest BCUT2D eigenvalue weighted by Crippen LogP contribution is 2.57. The molecule has 0 radical (unpaired) electrons. The van der Waals surface area contributed by atoms with Gasteiger partial charge in [0.1, 0.15) is 41.5 Å². The third-order valence-electron chi connectivity index (χ3n) is 6.81. The maximum absolute atomic E-state index is 15.4. The Morgan fingerprint density at radius 1 is 0.596 bits per heavy atom. The summed E-state index contributed by atoms with van der Waals surface area (Å²) in [6, 6.07) is 4.90. The Hall–Kier alpha value is -6.88. The SMILES string of the molecule is [C-]#[N+]C(=C1C(=C(C#N)c2cc(F)c(C#N)c(C)c2F)C1=C(C#N)c1c(F)c(F)c([N+]#[C-])c(F)c1F)c1c(F)c(F)c(C#N)c(F)c1F. The third kappa shape index (κ3) is 4.70. The molecule has 228 valence electrons. The Balaban J connectivity index is 2.34. The van der Waals surface area contributed by atoms with Crippen LogP contribution in [-0.2, 0) is 0 Å². The molecule has 0 aromatic heterocycles. The standard InChI is InChI=1S/C31H4F10N6/c1-9-11(5-42)15(32)4-10(21(9)33)12(6-43)16-17(13(7-44)18-24(36)28(40)31(47-3)29(41)25(18)37)19(16)30(46-2)20-26(38)22(34)14(8-45)23(35)27(20)39/h4H,1H3. The van der Waals surface area contributed by atoms with Crippen molar-refractivity contribution in [2.75, 3.05) is 0 Å². The minimum Gasteiger partial charge on any atom is -0.237 e. The zero-order valence-corrected chi connectivity index (χ0v) is 22.5. The second-order valence-electron chi connectivity index (χ2n) is 9.10. The molecule has 1 aliphatic rings. The van der Waals surface area contributed by atoms with E-state index in [0.29, 0.717) is 0 Å². The minimum absolute atomic E-state index is 0.261. The molecule has 4 rings (SSSR count). The summed E-state index contributed by atoms with van der Waals surface area (Å²) in [6.45, 7) is 15.1. The first-order valence-electron chi connectivity index (χ1n) is 12.0. The molecule has 16 heteroatoms. The molecule has 0 spiro atoms. The van der Waals surface area contributed by atoms with Crippen LogP contribution in [0.3, 0.4) is 0 Å². The van der Waals surface area contributed by atoms with Crippen LogP contribution >= 0.6 is 0 Å². The first-order valence-corrected chi connectivity index (χ1v) is 12.0. The van der Waals surface area contributed by atoms with Crippen molar-refractivity contribution in [2.45, 2.75) is 6.92 Å². The summed E-state index contributed by atoms with van der Waals surface area (Å²) >= 11 is 0. The van der Waals surface area contributed by atoms with E-state index in [9.17, 15) is 32.5 Å². The van der Waals surface area contributed by atoms with Crippen LogP contribution in [0.2, 0.25) is 0 Å². The molecule has 0 saturated heterocycles. The number of nitriles is 4. The van der Waals surface area contributed by atoms with Gasteiger partial charge in [0.25, 0.3) is 5.69 Å². The van der Waals surface area contributed by atoms with E-state index in [1.54, 1.807) is 0 Å². The lowest BCUT2D eigenvalue weighted by molar-refractivity contribution is 0.446. The zero-order valence-electron chi connectivity index (χ0n) is 22.5. The molecule has 0 heterocycles. The van der Waals surface area contributed by atoms with Crippen LogP contribution in [0.1, 0.15) is 33.4 Å². The van der Waals surface area contributed by atoms with E-state index in [1.807, 2.05) is 0 Å². The number of halogens is 10. The predicted molar refractivity (Wildman–Crippen MR) is 138 cm³/mol. The van der Waals surface area contributed by atoms with Gasteiger partial charge >= 0.3 is 0 Å². The van der Waals surface area contributed by atoms with Gasteiger partial charge in [-0.2, -0.15) is 21.0 Å². The maximum atomic E-state index is 15.4. The molecule has 6 nitrogen and oxygen atoms in total. The van der Waals surface area contributed by atoms with Crippen LogP contribution in [0.4, 0.5) is 49.6 Å². The average Bonchev–Trinajstić information content (AvgIpc) is 3.76. The molecule has 0 bridgehead atoms. The van der Waals surface area contributed by atoms with Crippen LogP contribution in [0.25, 0.3) is 26.5 Å². The first kappa shape index (κ1) is 33.0. The van der Waals surface area contributed by atoms with Crippen LogP contribution < -0.4 is 0 Å². The van der Waals surface area contributed by atoms with Gasteiger partial charge in [0.15, 0.2) is 46.5 Å². The number of hydrogen-bond acceptors (Lipinski definition) is 4. The number of allylic oxidation sites excluding steroid dienone is 5. The summed E-state index contributed by atoms with van der Waals surface area (Å²) in [6.07, 6.45) is 0. The van der Waals surface area contributed by atoms with Gasteiger partial charge in [-0.25, -0.2) is 53.6 Å². The predicted octanol–water partition coefficient (Wildman–Crippen LogP) is 8.28. The van der Waals surface area contributed by atoms with Crippen LogP contribution in [0.5, 0.6) is 0 Å². The fraction of sp³-hybridized carbons (Fsp3) is 0.0323. The van der Waals surface area contributed by atoms with Gasteiger partial charge in [0.05, 0.1) is 41.0 Å². The molecule has 1 aliphatic carbocycles. The van der Waals surface area contributed by atoms with Gasteiger partial charge in [-0.3, -0.25) is 0 Å². The van der Waals surface area contributed by atoms with E-state index in [-0.39, 0.29) is 6.07 Å². The third-order valence-corrected chi connectivity index (χ3v) is 6.81. The fourth-order valence-corrected chi connectivity index (χ4v) is 4.60. The lowest BCUT2D eigenvalue weighted by Gasteiger charge is -2.08. The lowest BCUT2D eigenvalue weighted by Crippen LogP contribution is -2.06. The molecule has 47 heavy (non-hydrogen) atoms. The Labute approximate surface area is 256 Å². The van der Waals surface area contributed by atoms with Gasteiger partial charge in [0.2, 0.25) is 5.70 Å². The summed E-state index contributed by atoms with van der Waals surface area (Å²) in [5.74, 6) is -21.8. The lowest BCUT2D eigenvalue weighted by atomic mass is 9.97. The van der Waals surface area contributed by atoms with Crippen molar-refractivity contribution < 1.29 is 43.9 Å². The van der Waals surface area contributed by atoms with Gasteiger partial charge in [-0.15, -0.1) is 0 Å². The highest BCUT2D eigenvalue weighted by Gasteiger charge is 2.45. The molecular weight excluding hydrogens is 646 g/mol. The maximum Gasteiger partial charge on any atom is 0.262 e. The average molecular weight is 650 g/mol. The molecule has 3 aromatic rings. The summed E-state index contributed by atoms with van der Waals surface area (Å²) in [7, 11) is 0. The van der Waals surface area contributed by atoms with Crippen molar-refractivity contribution in [1.82, 2.24) is 0 Å². The fourth-order valence-electron chi connectivity index (χ4n) is 4.60. The van der Waals surface area contributed by atoms with E-state index in [4.69, 9.17) is 23.7 Å². The normalized spacial score (nSPS) is 14.9. The summed E-state index contributed by atoms with van der Waals surface area (Å²) < 4.78 is 149. The van der Waals surface area contributed by atoms with Crippen molar-refractivity contribution in [3.63, 3.8) is 0 Å². The summed E-state index contributed by atoms with van der Waals surface area (Å²) in [4.78, 5) is 5.06. The largest absolute Gasteiger partial charge is 0.262 e.